The van der Waals surface area contributed by atoms with Crippen LogP contribution in [0.1, 0.15) is 13.8 Å². The summed E-state index contributed by atoms with van der Waals surface area (Å²) >= 11 is 0. The van der Waals surface area contributed by atoms with Crippen molar-refractivity contribution in [2.75, 3.05) is 6.54 Å². The SMILES string of the molecule is CC(C)Oc1ccc(OC(F)(F)F)c(-c2cnn(CCN)c2)c1. The lowest BCUT2D eigenvalue weighted by Gasteiger charge is -2.15. The average molecular weight is 329 g/mol. The van der Waals surface area contributed by atoms with Gasteiger partial charge in [-0.1, -0.05) is 0 Å². The van der Waals surface area contributed by atoms with E-state index < -0.39 is 6.36 Å². The molecule has 8 heteroatoms. The third kappa shape index (κ3) is 4.88. The minimum absolute atomic E-state index is 0.0998. The molecule has 23 heavy (non-hydrogen) atoms. The first kappa shape index (κ1) is 17.1. The fraction of sp³-hybridized carbons (Fsp3) is 0.400. The van der Waals surface area contributed by atoms with Crippen molar-refractivity contribution in [1.29, 1.82) is 0 Å². The molecule has 0 aliphatic heterocycles. The number of halogens is 3. The van der Waals surface area contributed by atoms with Gasteiger partial charge in [0, 0.05) is 23.9 Å². The smallest absolute Gasteiger partial charge is 0.491 e. The maximum absolute atomic E-state index is 12.6. The highest BCUT2D eigenvalue weighted by Crippen LogP contribution is 2.36. The topological polar surface area (TPSA) is 62.3 Å². The van der Waals surface area contributed by atoms with Gasteiger partial charge in [-0.25, -0.2) is 0 Å². The average Bonchev–Trinajstić information content (AvgIpc) is 2.87. The number of nitrogens with two attached hydrogens (primary N) is 1. The summed E-state index contributed by atoms with van der Waals surface area (Å²) in [6.07, 6.45) is -1.79. The van der Waals surface area contributed by atoms with Crippen molar-refractivity contribution in [1.82, 2.24) is 9.78 Å². The molecular formula is C15H18F3N3O2. The first-order valence-corrected chi connectivity index (χ1v) is 7.08. The van der Waals surface area contributed by atoms with Crippen LogP contribution in [0.4, 0.5) is 13.2 Å². The maximum atomic E-state index is 12.6. The number of hydrogen-bond acceptors (Lipinski definition) is 4. The summed E-state index contributed by atoms with van der Waals surface area (Å²) in [6, 6.07) is 4.18. The molecule has 5 nitrogen and oxygen atoms in total. The van der Waals surface area contributed by atoms with E-state index in [1.807, 2.05) is 13.8 Å². The predicted octanol–water partition coefficient (Wildman–Crippen LogP) is 3.19. The number of rotatable bonds is 6. The van der Waals surface area contributed by atoms with Crippen LogP contribution in [0, 0.1) is 0 Å². The lowest BCUT2D eigenvalue weighted by atomic mass is 10.1. The predicted molar refractivity (Wildman–Crippen MR) is 79.2 cm³/mol. The van der Waals surface area contributed by atoms with E-state index in [9.17, 15) is 13.2 Å². The molecule has 2 N–H and O–H groups in total. The highest BCUT2D eigenvalue weighted by atomic mass is 19.4. The van der Waals surface area contributed by atoms with Gasteiger partial charge in [-0.2, -0.15) is 5.10 Å². The Kier molecular flexibility index (Phi) is 5.15. The van der Waals surface area contributed by atoms with Crippen molar-refractivity contribution in [3.63, 3.8) is 0 Å². The zero-order valence-electron chi connectivity index (χ0n) is 12.8. The first-order valence-electron chi connectivity index (χ1n) is 7.08. The van der Waals surface area contributed by atoms with Gasteiger partial charge in [-0.15, -0.1) is 13.2 Å². The third-order valence-corrected chi connectivity index (χ3v) is 2.85. The molecule has 0 radical (unpaired) electrons. The van der Waals surface area contributed by atoms with E-state index in [0.29, 0.717) is 24.4 Å². The summed E-state index contributed by atoms with van der Waals surface area (Å²) in [5, 5.41) is 4.07. The summed E-state index contributed by atoms with van der Waals surface area (Å²) in [7, 11) is 0. The molecule has 1 aromatic carbocycles. The Labute approximate surface area is 131 Å². The molecule has 0 saturated heterocycles. The molecule has 126 valence electrons. The van der Waals surface area contributed by atoms with Crippen LogP contribution in [0.25, 0.3) is 11.1 Å². The fourth-order valence-electron chi connectivity index (χ4n) is 2.05. The van der Waals surface area contributed by atoms with Crippen LogP contribution in [-0.4, -0.2) is 28.8 Å². The second kappa shape index (κ2) is 6.91. The zero-order valence-corrected chi connectivity index (χ0v) is 12.8. The van der Waals surface area contributed by atoms with Crippen LogP contribution in [0.5, 0.6) is 11.5 Å². The molecule has 0 atom stereocenters. The van der Waals surface area contributed by atoms with Crippen LogP contribution in [-0.2, 0) is 6.54 Å². The van der Waals surface area contributed by atoms with Crippen molar-refractivity contribution in [2.24, 2.45) is 5.73 Å². The maximum Gasteiger partial charge on any atom is 0.573 e. The molecule has 0 saturated carbocycles. The molecule has 1 heterocycles. The molecule has 0 bridgehead atoms. The normalized spacial score (nSPS) is 11.8. The van der Waals surface area contributed by atoms with Gasteiger partial charge in [-0.3, -0.25) is 4.68 Å². The molecular weight excluding hydrogens is 311 g/mol. The number of ether oxygens (including phenoxy) is 2. The Morgan fingerprint density at radius 2 is 2.04 bits per heavy atom. The highest BCUT2D eigenvalue weighted by molar-refractivity contribution is 5.71. The van der Waals surface area contributed by atoms with Crippen LogP contribution in [0.3, 0.4) is 0 Å². The molecule has 0 unspecified atom stereocenters. The zero-order chi connectivity index (χ0) is 17.0. The van der Waals surface area contributed by atoms with Crippen molar-refractivity contribution >= 4 is 0 Å². The summed E-state index contributed by atoms with van der Waals surface area (Å²) in [5.74, 6) is 0.150. The number of benzene rings is 1. The largest absolute Gasteiger partial charge is 0.573 e. The van der Waals surface area contributed by atoms with E-state index in [0.717, 1.165) is 0 Å². The monoisotopic (exact) mass is 329 g/mol. The van der Waals surface area contributed by atoms with Gasteiger partial charge in [0.15, 0.2) is 0 Å². The van der Waals surface area contributed by atoms with Crippen LogP contribution in [0.15, 0.2) is 30.6 Å². The van der Waals surface area contributed by atoms with Gasteiger partial charge in [0.25, 0.3) is 0 Å². The molecule has 0 fully saturated rings. The second-order valence-corrected chi connectivity index (χ2v) is 5.15. The minimum atomic E-state index is -4.78. The lowest BCUT2D eigenvalue weighted by molar-refractivity contribution is -0.274. The Balaban J connectivity index is 2.41. The van der Waals surface area contributed by atoms with Crippen LogP contribution in [0.2, 0.25) is 0 Å². The van der Waals surface area contributed by atoms with Gasteiger partial charge in [0.1, 0.15) is 11.5 Å². The van der Waals surface area contributed by atoms with E-state index in [-0.39, 0.29) is 17.4 Å². The quantitative estimate of drug-likeness (QED) is 0.884. The van der Waals surface area contributed by atoms with Crippen molar-refractivity contribution in [3.05, 3.63) is 30.6 Å². The second-order valence-electron chi connectivity index (χ2n) is 5.15. The van der Waals surface area contributed by atoms with E-state index in [1.165, 1.54) is 24.4 Å². The lowest BCUT2D eigenvalue weighted by Crippen LogP contribution is -2.17. The van der Waals surface area contributed by atoms with Crippen LogP contribution < -0.4 is 15.2 Å². The third-order valence-electron chi connectivity index (χ3n) is 2.85. The Bertz CT molecular complexity index is 654. The van der Waals surface area contributed by atoms with E-state index >= 15 is 0 Å². The van der Waals surface area contributed by atoms with E-state index in [4.69, 9.17) is 10.5 Å². The fourth-order valence-corrected chi connectivity index (χ4v) is 2.05. The van der Waals surface area contributed by atoms with Gasteiger partial charge in [0.2, 0.25) is 0 Å². The summed E-state index contributed by atoms with van der Waals surface area (Å²) in [4.78, 5) is 0. The highest BCUT2D eigenvalue weighted by Gasteiger charge is 2.32. The summed E-state index contributed by atoms with van der Waals surface area (Å²) in [6.45, 7) is 4.51. The number of aromatic nitrogens is 2. The van der Waals surface area contributed by atoms with Crippen LogP contribution >= 0.6 is 0 Å². The summed E-state index contributed by atoms with van der Waals surface area (Å²) < 4.78 is 48.9. The standard InChI is InChI=1S/C15H18F3N3O2/c1-10(2)22-12-3-4-14(23-15(16,17)18)13(7-12)11-8-20-21(9-11)6-5-19/h3-4,7-10H,5-6,19H2,1-2H3. The summed E-state index contributed by atoms with van der Waals surface area (Å²) in [5.41, 5.74) is 6.19. The molecule has 0 aliphatic carbocycles. The number of alkyl halides is 3. The number of hydrogen-bond donors (Lipinski definition) is 1. The van der Waals surface area contributed by atoms with Crippen molar-refractivity contribution in [2.45, 2.75) is 32.9 Å². The Morgan fingerprint density at radius 1 is 1.30 bits per heavy atom. The number of nitrogens with zero attached hydrogens (tertiary/aromatic N) is 2. The van der Waals surface area contributed by atoms with Gasteiger partial charge < -0.3 is 15.2 Å². The van der Waals surface area contributed by atoms with Crippen molar-refractivity contribution in [3.8, 4) is 22.6 Å². The van der Waals surface area contributed by atoms with Gasteiger partial charge in [0.05, 0.1) is 18.8 Å². The van der Waals surface area contributed by atoms with Gasteiger partial charge in [-0.05, 0) is 32.0 Å². The van der Waals surface area contributed by atoms with E-state index in [2.05, 4.69) is 9.84 Å². The molecule has 1 aromatic heterocycles. The molecule has 2 aromatic rings. The minimum Gasteiger partial charge on any atom is -0.491 e. The molecule has 0 aliphatic rings. The van der Waals surface area contributed by atoms with Gasteiger partial charge >= 0.3 is 6.36 Å². The molecule has 0 spiro atoms. The first-order chi connectivity index (χ1) is 10.8. The van der Waals surface area contributed by atoms with Crippen molar-refractivity contribution < 1.29 is 22.6 Å². The Hall–Kier alpha value is -2.22. The van der Waals surface area contributed by atoms with E-state index in [1.54, 1.807) is 10.9 Å². The Morgan fingerprint density at radius 3 is 2.65 bits per heavy atom. The molecule has 2 rings (SSSR count). The molecule has 0 amide bonds.